The first-order valence-corrected chi connectivity index (χ1v) is 22.0. The summed E-state index contributed by atoms with van der Waals surface area (Å²) in [4.78, 5) is 0. The van der Waals surface area contributed by atoms with E-state index >= 15 is 0 Å². The highest BCUT2D eigenvalue weighted by Crippen LogP contribution is 2.38. The van der Waals surface area contributed by atoms with Gasteiger partial charge < -0.3 is 41.6 Å². The van der Waals surface area contributed by atoms with E-state index in [2.05, 4.69) is 121 Å². The average molecular weight is 797 g/mol. The van der Waals surface area contributed by atoms with Gasteiger partial charge in [-0.05, 0) is 81.1 Å². The van der Waals surface area contributed by atoms with Crippen molar-refractivity contribution in [3.63, 3.8) is 0 Å². The number of aliphatic hydroxyl groups is 1. The van der Waals surface area contributed by atoms with Gasteiger partial charge in [-0.3, -0.25) is 0 Å². The number of aryl methyl sites for hydroxylation is 2. The van der Waals surface area contributed by atoms with Crippen LogP contribution in [0.1, 0.15) is 32.6 Å². The first kappa shape index (κ1) is 43.2. The van der Waals surface area contributed by atoms with E-state index in [-0.39, 0.29) is 6.61 Å². The van der Waals surface area contributed by atoms with Gasteiger partial charge in [-0.25, -0.2) is 0 Å². The average Bonchev–Trinajstić information content (AvgIpc) is 3.15. The molecule has 0 amide bonds. The van der Waals surface area contributed by atoms with Gasteiger partial charge in [0.1, 0.15) is 44.2 Å². The van der Waals surface area contributed by atoms with Crippen molar-refractivity contribution in [3.05, 3.63) is 48.5 Å². The van der Waals surface area contributed by atoms with Gasteiger partial charge in [0.05, 0.1) is 138 Å². The minimum Gasteiger partial charge on any atom is -0.497 e. The topological polar surface area (TPSA) is 48.5 Å². The van der Waals surface area contributed by atoms with Crippen LogP contribution >= 0.6 is 22.7 Å². The number of hydrogen-bond donors (Lipinski definition) is 1. The Kier molecular flexibility index (Phi) is 14.3. The molecule has 0 aliphatic carbocycles. The summed E-state index contributed by atoms with van der Waals surface area (Å²) < 4.78 is 25.6. The van der Waals surface area contributed by atoms with Crippen molar-refractivity contribution in [2.24, 2.45) is 0 Å². The first-order chi connectivity index (χ1) is 26.0. The lowest BCUT2D eigenvalue weighted by Crippen LogP contribution is -2.52. The zero-order valence-corrected chi connectivity index (χ0v) is 37.6. The van der Waals surface area contributed by atoms with E-state index in [4.69, 9.17) is 9.47 Å². The lowest BCUT2D eigenvalue weighted by Gasteiger charge is -2.35. The van der Waals surface area contributed by atoms with Crippen LogP contribution in [0.2, 0.25) is 0 Å². The number of methoxy groups -OCH3 is 2. The molecule has 0 atom stereocenters. The molecule has 5 aromatic rings. The monoisotopic (exact) mass is 797 g/mol. The number of rotatable bonds is 21. The number of nitrogens with zero attached hydrogens (tertiary/aromatic N) is 6. The number of hydrogen-bond acceptors (Lipinski definition) is 5. The molecule has 55 heavy (non-hydrogen) atoms. The minimum atomic E-state index is 0.235. The maximum Gasteiger partial charge on any atom is 0.128 e. The second-order valence-electron chi connectivity index (χ2n) is 18.2. The highest BCUT2D eigenvalue weighted by Gasteiger charge is 2.23. The number of likely N-dealkylation sites (N-methyl/N-ethyl adjacent to an activating group) is 4. The molecule has 5 rings (SSSR count). The van der Waals surface area contributed by atoms with Crippen molar-refractivity contribution in [1.82, 2.24) is 9.13 Å². The van der Waals surface area contributed by atoms with Crippen molar-refractivity contribution in [2.75, 3.05) is 130 Å². The standard InChI is InChI=1S/C44H72N6O3S2/c1-12-47(2,3)25-26-48(4,5)23-15-13-21-45-37-19-17-35(52-10)31-41(37)54-43-34-40-44(33-39(43)45)55-42-32-36(53-11)18-20-38(42)46(40)22-14-16-24-49(6,7)27-28-50(8,9)29-30-51/h17-20,31-34,51H,12-16,21-30H2,1-11H3/q+4. The quantitative estimate of drug-likeness (QED) is 0.0465. The van der Waals surface area contributed by atoms with E-state index in [1.807, 2.05) is 22.7 Å². The fourth-order valence-corrected chi connectivity index (χ4v) is 9.70. The second kappa shape index (κ2) is 18.1. The Hall–Kier alpha value is -2.90. The fraction of sp³-hybridized carbons (Fsp3) is 0.591. The molecule has 3 aromatic carbocycles. The van der Waals surface area contributed by atoms with Crippen LogP contribution in [0.15, 0.2) is 48.5 Å². The van der Waals surface area contributed by atoms with Crippen molar-refractivity contribution in [2.45, 2.75) is 45.7 Å². The van der Waals surface area contributed by atoms with Crippen LogP contribution in [0.25, 0.3) is 40.9 Å². The number of quaternary nitrogens is 4. The van der Waals surface area contributed by atoms with E-state index < -0.39 is 0 Å². The fourth-order valence-electron chi connectivity index (χ4n) is 7.42. The molecule has 2 heterocycles. The van der Waals surface area contributed by atoms with Crippen LogP contribution in [-0.4, -0.2) is 162 Å². The van der Waals surface area contributed by atoms with Crippen molar-refractivity contribution in [3.8, 4) is 11.5 Å². The Labute approximate surface area is 339 Å². The van der Waals surface area contributed by atoms with E-state index in [0.717, 1.165) is 88.0 Å². The van der Waals surface area contributed by atoms with Crippen molar-refractivity contribution in [1.29, 1.82) is 0 Å². The molecule has 2 aromatic heterocycles. The number of aromatic nitrogens is 2. The SMILES string of the molecule is CC[N+](C)(C)CC[N+](C)(C)CCCCn1c2ccc(OC)cc2sc2cc3c(cc21)sc1cc(OC)ccc1n3CCCC[N+](C)(C)CC[N+](C)(C)CCO. The Morgan fingerprint density at radius 3 is 1.25 bits per heavy atom. The summed E-state index contributed by atoms with van der Waals surface area (Å²) in [6, 6.07) is 18.0. The van der Waals surface area contributed by atoms with Crippen molar-refractivity contribution < 1.29 is 32.5 Å². The second-order valence-corrected chi connectivity index (χ2v) is 20.4. The summed E-state index contributed by atoms with van der Waals surface area (Å²) in [5.41, 5.74) is 5.13. The summed E-state index contributed by atoms with van der Waals surface area (Å²) in [7, 11) is 22.1. The van der Waals surface area contributed by atoms with Gasteiger partial charge >= 0.3 is 0 Å². The number of benzene rings is 3. The van der Waals surface area contributed by atoms with Gasteiger partial charge in [-0.15, -0.1) is 22.7 Å². The number of ether oxygens (including phenoxy) is 2. The molecular formula is C44H72N6O3S2+4. The first-order valence-electron chi connectivity index (χ1n) is 20.3. The third kappa shape index (κ3) is 11.4. The molecule has 304 valence electrons. The summed E-state index contributed by atoms with van der Waals surface area (Å²) in [5, 5.41) is 9.51. The molecule has 0 aliphatic heterocycles. The maximum absolute atomic E-state index is 9.51. The predicted octanol–water partition coefficient (Wildman–Crippen LogP) is 8.05. The Morgan fingerprint density at radius 1 is 0.491 bits per heavy atom. The Morgan fingerprint density at radius 2 is 0.873 bits per heavy atom. The van der Waals surface area contributed by atoms with E-state index in [9.17, 15) is 5.11 Å². The summed E-state index contributed by atoms with van der Waals surface area (Å²) in [5.74, 6) is 1.80. The van der Waals surface area contributed by atoms with Crippen LogP contribution in [0.5, 0.6) is 11.5 Å². The van der Waals surface area contributed by atoms with Crippen LogP contribution in [-0.2, 0) is 13.1 Å². The Balaban J connectivity index is 1.47. The summed E-state index contributed by atoms with van der Waals surface area (Å²) in [6.07, 6.45) is 4.57. The van der Waals surface area contributed by atoms with E-state index in [1.54, 1.807) is 14.2 Å². The van der Waals surface area contributed by atoms with Crippen LogP contribution < -0.4 is 9.47 Å². The molecule has 0 saturated heterocycles. The molecule has 0 aliphatic rings. The van der Waals surface area contributed by atoms with Crippen molar-refractivity contribution >= 4 is 63.5 Å². The molecule has 0 spiro atoms. The molecule has 0 unspecified atom stereocenters. The van der Waals surface area contributed by atoms with Gasteiger partial charge in [-0.2, -0.15) is 0 Å². The van der Waals surface area contributed by atoms with E-state index in [1.165, 1.54) is 73.5 Å². The van der Waals surface area contributed by atoms with Gasteiger partial charge in [0.15, 0.2) is 0 Å². The highest BCUT2D eigenvalue weighted by atomic mass is 32.1. The van der Waals surface area contributed by atoms with Gasteiger partial charge in [0.25, 0.3) is 0 Å². The lowest BCUT2D eigenvalue weighted by atomic mass is 10.2. The molecule has 0 fully saturated rings. The largest absolute Gasteiger partial charge is 0.497 e. The third-order valence-corrected chi connectivity index (χ3v) is 14.1. The third-order valence-electron chi connectivity index (χ3n) is 12.0. The highest BCUT2D eigenvalue weighted by molar-refractivity contribution is 7.25. The van der Waals surface area contributed by atoms with E-state index in [0.29, 0.717) is 0 Å². The van der Waals surface area contributed by atoms with Crippen LogP contribution in [0.4, 0.5) is 0 Å². The molecule has 0 radical (unpaired) electrons. The number of unbranched alkanes of at least 4 members (excludes halogenated alkanes) is 2. The molecule has 1 N–H and O–H groups in total. The maximum atomic E-state index is 9.51. The smallest absolute Gasteiger partial charge is 0.128 e. The summed E-state index contributed by atoms with van der Waals surface area (Å²) >= 11 is 3.74. The zero-order valence-electron chi connectivity index (χ0n) is 36.0. The molecule has 0 bridgehead atoms. The normalized spacial score (nSPS) is 13.1. The lowest BCUT2D eigenvalue weighted by molar-refractivity contribution is -0.946. The minimum absolute atomic E-state index is 0.235. The summed E-state index contributed by atoms with van der Waals surface area (Å²) in [6.45, 7) is 13.3. The molecular weight excluding hydrogens is 725 g/mol. The van der Waals surface area contributed by atoms with Gasteiger partial charge in [-0.1, -0.05) is 0 Å². The van der Waals surface area contributed by atoms with Crippen LogP contribution in [0.3, 0.4) is 0 Å². The number of aliphatic hydroxyl groups excluding tert-OH is 1. The van der Waals surface area contributed by atoms with Gasteiger partial charge in [0, 0.05) is 13.1 Å². The molecule has 0 saturated carbocycles. The Bertz CT molecular complexity index is 2080. The number of fused-ring (bicyclic) bond motifs is 4. The zero-order chi connectivity index (χ0) is 40.0. The van der Waals surface area contributed by atoms with Crippen LogP contribution in [0, 0.1) is 0 Å². The van der Waals surface area contributed by atoms with Gasteiger partial charge in [0.2, 0.25) is 0 Å². The molecule has 11 heteroatoms. The molecule has 9 nitrogen and oxygen atoms in total. The predicted molar refractivity (Wildman–Crippen MR) is 238 cm³/mol.